The summed E-state index contributed by atoms with van der Waals surface area (Å²) in [6, 6.07) is 5.65. The van der Waals surface area contributed by atoms with E-state index in [0.717, 1.165) is 5.56 Å². The number of nitrogens with one attached hydrogen (secondary N) is 2. The van der Waals surface area contributed by atoms with E-state index in [-0.39, 0.29) is 37.8 Å². The SMILES string of the molecule is Cc1cc(F)c(NC(=O)N2CCC(CC(F)(F)F)C2)cc1-c1cc(N[C@H](C)CO)nc(N2CCOCC2)c1. The van der Waals surface area contributed by atoms with Crippen LogP contribution in [-0.4, -0.2) is 79.2 Å². The molecule has 0 saturated carbocycles. The molecule has 4 rings (SSSR count). The molecule has 2 amide bonds. The van der Waals surface area contributed by atoms with Crippen molar-refractivity contribution in [3.05, 3.63) is 35.6 Å². The summed E-state index contributed by atoms with van der Waals surface area (Å²) in [4.78, 5) is 20.8. The van der Waals surface area contributed by atoms with E-state index < -0.39 is 30.4 Å². The minimum Gasteiger partial charge on any atom is -0.394 e. The van der Waals surface area contributed by atoms with Crippen LogP contribution in [0.1, 0.15) is 25.3 Å². The molecule has 3 N–H and O–H groups in total. The highest BCUT2D eigenvalue weighted by Crippen LogP contribution is 2.34. The van der Waals surface area contributed by atoms with E-state index in [2.05, 4.69) is 15.5 Å². The molecule has 1 aromatic heterocycles. The topological polar surface area (TPSA) is 90.0 Å². The number of carbonyl (C=O) groups excluding carboxylic acids is 1. The van der Waals surface area contributed by atoms with Crippen molar-refractivity contribution < 1.29 is 32.2 Å². The largest absolute Gasteiger partial charge is 0.394 e. The van der Waals surface area contributed by atoms with Crippen molar-refractivity contribution in [2.24, 2.45) is 5.92 Å². The lowest BCUT2D eigenvalue weighted by molar-refractivity contribution is -0.143. The second-order valence-electron chi connectivity index (χ2n) is 9.92. The van der Waals surface area contributed by atoms with Crippen LogP contribution in [0.5, 0.6) is 0 Å². The number of ether oxygens (including phenoxy) is 1. The molecule has 2 atom stereocenters. The van der Waals surface area contributed by atoms with Gasteiger partial charge in [-0.3, -0.25) is 0 Å². The highest BCUT2D eigenvalue weighted by atomic mass is 19.4. The molecule has 0 aliphatic carbocycles. The lowest BCUT2D eigenvalue weighted by Gasteiger charge is -2.29. The van der Waals surface area contributed by atoms with E-state index in [1.54, 1.807) is 13.0 Å². The summed E-state index contributed by atoms with van der Waals surface area (Å²) in [5.41, 5.74) is 1.97. The van der Waals surface area contributed by atoms with Crippen LogP contribution >= 0.6 is 0 Å². The zero-order valence-electron chi connectivity index (χ0n) is 21.4. The highest BCUT2D eigenvalue weighted by Gasteiger charge is 2.36. The first-order valence-corrected chi connectivity index (χ1v) is 12.7. The summed E-state index contributed by atoms with van der Waals surface area (Å²) in [5, 5.41) is 15.2. The summed E-state index contributed by atoms with van der Waals surface area (Å²) in [5.74, 6) is -0.0738. The Morgan fingerprint density at radius 2 is 1.95 bits per heavy atom. The van der Waals surface area contributed by atoms with Crippen molar-refractivity contribution in [3.63, 3.8) is 0 Å². The van der Waals surface area contributed by atoms with Gasteiger partial charge < -0.3 is 30.3 Å². The standard InChI is InChI=1S/C26H33F4N5O3/c1-16-9-21(27)22(32-25(37)35-4-3-18(14-35)13-26(28,29)30)12-20(16)19-10-23(31-17(2)15-36)33-24(11-19)34-5-7-38-8-6-34/h9-12,17-18,36H,3-8,13-15H2,1-2H3,(H,31,33)(H,32,37)/t17-,18?/m1/s1. The van der Waals surface area contributed by atoms with Crippen molar-refractivity contribution >= 4 is 23.4 Å². The number of halogens is 4. The number of anilines is 3. The fourth-order valence-corrected chi connectivity index (χ4v) is 4.78. The van der Waals surface area contributed by atoms with Gasteiger partial charge in [-0.25, -0.2) is 14.2 Å². The Kier molecular flexibility index (Phi) is 8.61. The Morgan fingerprint density at radius 1 is 1.21 bits per heavy atom. The Balaban J connectivity index is 1.60. The van der Waals surface area contributed by atoms with Crippen LogP contribution < -0.4 is 15.5 Å². The van der Waals surface area contributed by atoms with Gasteiger partial charge in [-0.1, -0.05) is 0 Å². The van der Waals surface area contributed by atoms with Gasteiger partial charge in [0.25, 0.3) is 0 Å². The highest BCUT2D eigenvalue weighted by molar-refractivity contribution is 5.91. The van der Waals surface area contributed by atoms with Crippen LogP contribution in [0.15, 0.2) is 24.3 Å². The molecule has 1 unspecified atom stereocenters. The molecule has 0 radical (unpaired) electrons. The number of urea groups is 1. The number of likely N-dealkylation sites (tertiary alicyclic amines) is 1. The number of aromatic nitrogens is 1. The minimum absolute atomic E-state index is 0.0307. The lowest BCUT2D eigenvalue weighted by atomic mass is 9.99. The number of morpholine rings is 1. The predicted molar refractivity (Wildman–Crippen MR) is 137 cm³/mol. The smallest absolute Gasteiger partial charge is 0.389 e. The number of benzene rings is 1. The van der Waals surface area contributed by atoms with Gasteiger partial charge >= 0.3 is 12.2 Å². The molecule has 2 aliphatic rings. The van der Waals surface area contributed by atoms with Gasteiger partial charge in [0.15, 0.2) is 0 Å². The molecular weight excluding hydrogens is 506 g/mol. The van der Waals surface area contributed by atoms with E-state index in [1.807, 2.05) is 13.0 Å². The Morgan fingerprint density at radius 3 is 2.63 bits per heavy atom. The molecule has 12 heteroatoms. The molecule has 0 spiro atoms. The zero-order valence-corrected chi connectivity index (χ0v) is 21.4. The molecule has 2 fully saturated rings. The van der Waals surface area contributed by atoms with E-state index >= 15 is 0 Å². The normalized spacial score (nSPS) is 19.0. The molecule has 0 bridgehead atoms. The molecule has 3 heterocycles. The second kappa shape index (κ2) is 11.7. The van der Waals surface area contributed by atoms with Crippen molar-refractivity contribution in [2.75, 3.05) is 61.5 Å². The van der Waals surface area contributed by atoms with Crippen LogP contribution in [-0.2, 0) is 4.74 Å². The van der Waals surface area contributed by atoms with Crippen LogP contribution in [0.25, 0.3) is 11.1 Å². The maximum atomic E-state index is 14.9. The number of carbonyl (C=O) groups is 1. The first-order valence-electron chi connectivity index (χ1n) is 12.7. The van der Waals surface area contributed by atoms with Gasteiger partial charge in [0.05, 0.1) is 25.5 Å². The van der Waals surface area contributed by atoms with Crippen molar-refractivity contribution in [2.45, 2.75) is 38.9 Å². The van der Waals surface area contributed by atoms with Crippen molar-refractivity contribution in [1.82, 2.24) is 9.88 Å². The molecule has 1 aromatic carbocycles. The van der Waals surface area contributed by atoms with Gasteiger partial charge in [0.2, 0.25) is 0 Å². The average Bonchev–Trinajstić information content (AvgIpc) is 3.33. The van der Waals surface area contributed by atoms with E-state index in [1.165, 1.54) is 17.0 Å². The van der Waals surface area contributed by atoms with Gasteiger partial charge in [0, 0.05) is 38.6 Å². The first kappa shape index (κ1) is 27.9. The second-order valence-corrected chi connectivity index (χ2v) is 9.92. The Hall–Kier alpha value is -3.12. The van der Waals surface area contributed by atoms with E-state index in [4.69, 9.17) is 9.72 Å². The van der Waals surface area contributed by atoms with Crippen LogP contribution in [0.2, 0.25) is 0 Å². The maximum Gasteiger partial charge on any atom is 0.389 e. The van der Waals surface area contributed by atoms with E-state index in [9.17, 15) is 27.5 Å². The molecular formula is C26H33F4N5O3. The number of pyridine rings is 1. The third-order valence-electron chi connectivity index (χ3n) is 6.77. The minimum atomic E-state index is -4.29. The number of amides is 2. The van der Waals surface area contributed by atoms with Crippen LogP contribution in [0.4, 0.5) is 39.7 Å². The number of nitrogens with zero attached hydrogens (tertiary/aromatic N) is 3. The van der Waals surface area contributed by atoms with Crippen LogP contribution in [0, 0.1) is 18.7 Å². The predicted octanol–water partition coefficient (Wildman–Crippen LogP) is 4.63. The molecule has 38 heavy (non-hydrogen) atoms. The third-order valence-corrected chi connectivity index (χ3v) is 6.77. The van der Waals surface area contributed by atoms with Crippen molar-refractivity contribution in [3.8, 4) is 11.1 Å². The van der Waals surface area contributed by atoms with Crippen molar-refractivity contribution in [1.29, 1.82) is 0 Å². The molecule has 2 saturated heterocycles. The zero-order chi connectivity index (χ0) is 27.4. The quantitative estimate of drug-likeness (QED) is 0.445. The third kappa shape index (κ3) is 7.04. The Labute approximate surface area is 219 Å². The number of rotatable bonds is 7. The Bertz CT molecular complexity index is 1140. The van der Waals surface area contributed by atoms with Gasteiger partial charge in [-0.05, 0) is 67.1 Å². The molecule has 208 valence electrons. The van der Waals surface area contributed by atoms with Gasteiger partial charge in [-0.15, -0.1) is 0 Å². The van der Waals surface area contributed by atoms with E-state index in [0.29, 0.717) is 49.1 Å². The molecule has 8 nitrogen and oxygen atoms in total. The summed E-state index contributed by atoms with van der Waals surface area (Å²) in [7, 11) is 0. The summed E-state index contributed by atoms with van der Waals surface area (Å²) >= 11 is 0. The number of hydrogen-bond donors (Lipinski definition) is 3. The monoisotopic (exact) mass is 539 g/mol. The van der Waals surface area contributed by atoms with Crippen LogP contribution in [0.3, 0.4) is 0 Å². The maximum absolute atomic E-state index is 14.9. The van der Waals surface area contributed by atoms with Gasteiger partial charge in [-0.2, -0.15) is 13.2 Å². The lowest BCUT2D eigenvalue weighted by Crippen LogP contribution is -2.37. The number of alkyl halides is 3. The fourth-order valence-electron chi connectivity index (χ4n) is 4.78. The average molecular weight is 540 g/mol. The molecule has 2 aliphatic heterocycles. The summed E-state index contributed by atoms with van der Waals surface area (Å²) in [6.45, 7) is 6.06. The number of aliphatic hydroxyl groups excluding tert-OH is 1. The fraction of sp³-hybridized carbons (Fsp3) is 0.538. The number of aliphatic hydroxyl groups is 1. The summed E-state index contributed by atoms with van der Waals surface area (Å²) in [6.07, 6.45) is -4.99. The molecule has 2 aromatic rings. The number of hydrogen-bond acceptors (Lipinski definition) is 6. The first-order chi connectivity index (χ1) is 18.0. The summed E-state index contributed by atoms with van der Waals surface area (Å²) < 4.78 is 58.6. The number of aryl methyl sites for hydroxylation is 1. The van der Waals surface area contributed by atoms with Gasteiger partial charge in [0.1, 0.15) is 17.5 Å².